The van der Waals surface area contributed by atoms with Gasteiger partial charge in [0.05, 0.1) is 13.2 Å². The van der Waals surface area contributed by atoms with Crippen LogP contribution in [0.2, 0.25) is 0 Å². The molecule has 0 bridgehead atoms. The van der Waals surface area contributed by atoms with Crippen molar-refractivity contribution in [2.45, 2.75) is 32.2 Å². The van der Waals surface area contributed by atoms with Crippen LogP contribution in [0.1, 0.15) is 46.0 Å². The number of nitrogens with zero attached hydrogens (tertiary/aromatic N) is 3. The fourth-order valence-corrected chi connectivity index (χ4v) is 4.32. The van der Waals surface area contributed by atoms with Crippen LogP contribution in [-0.2, 0) is 19.3 Å². The third-order valence-electron chi connectivity index (χ3n) is 6.07. The van der Waals surface area contributed by atoms with E-state index in [1.807, 2.05) is 12.1 Å². The Hall–Kier alpha value is -4.12. The highest BCUT2D eigenvalue weighted by molar-refractivity contribution is 5.98. The maximum atomic E-state index is 13.4. The number of alkyl halides is 3. The Morgan fingerprint density at radius 2 is 1.86 bits per heavy atom. The third kappa shape index (κ3) is 4.01. The molecule has 0 saturated heterocycles. The first-order chi connectivity index (χ1) is 17.1. The monoisotopic (exact) mass is 497 g/mol. The zero-order chi connectivity index (χ0) is 25.8. The second-order valence-corrected chi connectivity index (χ2v) is 8.62. The smallest absolute Gasteiger partial charge is 0.433 e. The van der Waals surface area contributed by atoms with E-state index in [0.29, 0.717) is 29.7 Å². The van der Waals surface area contributed by atoms with Crippen molar-refractivity contribution in [3.63, 3.8) is 0 Å². The van der Waals surface area contributed by atoms with Gasteiger partial charge in [-0.25, -0.2) is 9.97 Å². The molecule has 5 rings (SSSR count). The molecular formula is C25H22F3N5O3. The predicted molar refractivity (Wildman–Crippen MR) is 126 cm³/mol. The molecule has 1 aliphatic rings. The summed E-state index contributed by atoms with van der Waals surface area (Å²) in [5.74, 6) is 0.00160. The molecule has 8 nitrogen and oxygen atoms in total. The molecule has 4 N–H and O–H groups in total. The lowest BCUT2D eigenvalue weighted by Crippen LogP contribution is -2.27. The zero-order valence-corrected chi connectivity index (χ0v) is 19.4. The Morgan fingerprint density at radius 3 is 2.56 bits per heavy atom. The number of halogens is 3. The Balaban J connectivity index is 1.58. The molecule has 3 heterocycles. The minimum absolute atomic E-state index is 0.00849. The van der Waals surface area contributed by atoms with E-state index in [0.717, 1.165) is 17.2 Å². The molecule has 11 heteroatoms. The summed E-state index contributed by atoms with van der Waals surface area (Å²) in [4.78, 5) is 23.3. The van der Waals surface area contributed by atoms with Crippen molar-refractivity contribution in [1.29, 1.82) is 0 Å². The maximum Gasteiger partial charge on any atom is 0.433 e. The molecule has 0 aliphatic carbocycles. The Kier molecular flexibility index (Phi) is 5.59. The minimum atomic E-state index is -4.63. The molecule has 0 saturated carbocycles. The SMILES string of the molecule is COc1ccc(-c2nc(C(=O)N3Cc4ccc(N)cc4C3)c([C@H](C)N)o2)c2ccc(C(F)(F)F)nc12. The summed E-state index contributed by atoms with van der Waals surface area (Å²) in [6.07, 6.45) is -4.63. The van der Waals surface area contributed by atoms with Crippen LogP contribution in [-0.4, -0.2) is 27.9 Å². The highest BCUT2D eigenvalue weighted by Gasteiger charge is 2.34. The maximum absolute atomic E-state index is 13.4. The van der Waals surface area contributed by atoms with Crippen LogP contribution in [0.3, 0.4) is 0 Å². The van der Waals surface area contributed by atoms with Gasteiger partial charge in [0.25, 0.3) is 5.91 Å². The molecule has 0 radical (unpaired) electrons. The van der Waals surface area contributed by atoms with Crippen molar-refractivity contribution in [2.24, 2.45) is 5.73 Å². The topological polar surface area (TPSA) is 120 Å². The number of rotatable bonds is 4. The molecule has 1 aliphatic heterocycles. The van der Waals surface area contributed by atoms with E-state index in [1.54, 1.807) is 24.0 Å². The lowest BCUT2D eigenvalue weighted by molar-refractivity contribution is -0.140. The summed E-state index contributed by atoms with van der Waals surface area (Å²) in [5.41, 5.74) is 13.8. The number of pyridine rings is 1. The van der Waals surface area contributed by atoms with Gasteiger partial charge >= 0.3 is 6.18 Å². The summed E-state index contributed by atoms with van der Waals surface area (Å²) in [6.45, 7) is 2.39. The lowest BCUT2D eigenvalue weighted by atomic mass is 10.1. The number of hydrogen-bond acceptors (Lipinski definition) is 7. The summed E-state index contributed by atoms with van der Waals surface area (Å²) >= 11 is 0. The third-order valence-corrected chi connectivity index (χ3v) is 6.07. The van der Waals surface area contributed by atoms with Crippen LogP contribution in [0.4, 0.5) is 18.9 Å². The van der Waals surface area contributed by atoms with Crippen LogP contribution in [0.15, 0.2) is 46.9 Å². The molecule has 0 fully saturated rings. The molecule has 186 valence electrons. The molecular weight excluding hydrogens is 475 g/mol. The first-order valence-corrected chi connectivity index (χ1v) is 11.0. The van der Waals surface area contributed by atoms with Gasteiger partial charge in [0.15, 0.2) is 11.5 Å². The van der Waals surface area contributed by atoms with Gasteiger partial charge in [-0.3, -0.25) is 4.79 Å². The van der Waals surface area contributed by atoms with Gasteiger partial charge in [-0.1, -0.05) is 6.07 Å². The molecule has 1 atom stereocenters. The Morgan fingerprint density at radius 1 is 1.11 bits per heavy atom. The number of nitrogen functional groups attached to an aromatic ring is 1. The summed E-state index contributed by atoms with van der Waals surface area (Å²) < 4.78 is 51.0. The molecule has 2 aromatic carbocycles. The second-order valence-electron chi connectivity index (χ2n) is 8.62. The number of ether oxygens (including phenoxy) is 1. The van der Waals surface area contributed by atoms with E-state index < -0.39 is 17.9 Å². The Bertz CT molecular complexity index is 1500. The zero-order valence-electron chi connectivity index (χ0n) is 19.4. The number of carbonyl (C=O) groups excluding carboxylic acids is 1. The van der Waals surface area contributed by atoms with Crippen LogP contribution in [0, 0.1) is 0 Å². The number of aromatic nitrogens is 2. The first kappa shape index (κ1) is 23.6. The highest BCUT2D eigenvalue weighted by Crippen LogP contribution is 2.38. The standard InChI is InChI=1S/C25H22F3N5O3/c1-12(29)22-21(24(34)33-10-13-3-4-15(30)9-14(13)11-33)32-23(36-22)17-5-7-18(35-2)20-16(17)6-8-19(31-20)25(26,27)28/h3-9,12H,10-11,29-30H2,1-2H3/t12-/m0/s1. The fraction of sp³-hybridized carbons (Fsp3) is 0.240. The lowest BCUT2D eigenvalue weighted by Gasteiger charge is -2.14. The number of nitrogens with two attached hydrogens (primary N) is 2. The quantitative estimate of drug-likeness (QED) is 0.393. The molecule has 36 heavy (non-hydrogen) atoms. The number of anilines is 1. The summed E-state index contributed by atoms with van der Waals surface area (Å²) in [5, 5.41) is 0.322. The molecule has 2 aromatic heterocycles. The van der Waals surface area contributed by atoms with Crippen molar-refractivity contribution in [1.82, 2.24) is 14.9 Å². The van der Waals surface area contributed by atoms with Gasteiger partial charge in [0.2, 0.25) is 5.89 Å². The van der Waals surface area contributed by atoms with E-state index in [9.17, 15) is 18.0 Å². The van der Waals surface area contributed by atoms with Gasteiger partial charge in [0.1, 0.15) is 17.0 Å². The van der Waals surface area contributed by atoms with E-state index in [2.05, 4.69) is 9.97 Å². The molecule has 0 unspecified atom stereocenters. The molecule has 4 aromatic rings. The van der Waals surface area contributed by atoms with E-state index in [1.165, 1.54) is 19.2 Å². The number of fused-ring (bicyclic) bond motifs is 2. The molecule has 0 spiro atoms. The van der Waals surface area contributed by atoms with Crippen LogP contribution in [0.5, 0.6) is 5.75 Å². The minimum Gasteiger partial charge on any atom is -0.494 e. The number of oxazole rings is 1. The normalized spacial score (nSPS) is 14.2. The largest absolute Gasteiger partial charge is 0.494 e. The van der Waals surface area contributed by atoms with Gasteiger partial charge in [-0.15, -0.1) is 0 Å². The van der Waals surface area contributed by atoms with Crippen molar-refractivity contribution in [3.8, 4) is 17.2 Å². The number of hydrogen-bond donors (Lipinski definition) is 2. The average Bonchev–Trinajstić information content (AvgIpc) is 3.46. The van der Waals surface area contributed by atoms with Crippen LogP contribution < -0.4 is 16.2 Å². The van der Waals surface area contributed by atoms with Gasteiger partial charge in [0, 0.05) is 29.7 Å². The highest BCUT2D eigenvalue weighted by atomic mass is 19.4. The van der Waals surface area contributed by atoms with Gasteiger partial charge < -0.3 is 25.5 Å². The van der Waals surface area contributed by atoms with Crippen molar-refractivity contribution < 1.29 is 27.1 Å². The van der Waals surface area contributed by atoms with Gasteiger partial charge in [-0.2, -0.15) is 13.2 Å². The number of amides is 1. The van der Waals surface area contributed by atoms with E-state index in [-0.39, 0.29) is 34.5 Å². The van der Waals surface area contributed by atoms with Gasteiger partial charge in [-0.05, 0) is 54.4 Å². The van der Waals surface area contributed by atoms with Crippen molar-refractivity contribution in [3.05, 3.63) is 70.7 Å². The fourth-order valence-electron chi connectivity index (χ4n) is 4.32. The van der Waals surface area contributed by atoms with Crippen molar-refractivity contribution >= 4 is 22.5 Å². The average molecular weight is 497 g/mol. The Labute approximate surface area is 203 Å². The number of benzene rings is 2. The van der Waals surface area contributed by atoms with Crippen LogP contribution >= 0.6 is 0 Å². The predicted octanol–water partition coefficient (Wildman–Crippen LogP) is 4.68. The number of methoxy groups -OCH3 is 1. The van der Waals surface area contributed by atoms with E-state index in [4.69, 9.17) is 20.6 Å². The first-order valence-electron chi connectivity index (χ1n) is 11.0. The van der Waals surface area contributed by atoms with Crippen LogP contribution in [0.25, 0.3) is 22.4 Å². The summed E-state index contributed by atoms with van der Waals surface area (Å²) in [7, 11) is 1.34. The second kappa shape index (κ2) is 8.52. The molecule has 1 amide bonds. The summed E-state index contributed by atoms with van der Waals surface area (Å²) in [6, 6.07) is 10.0. The van der Waals surface area contributed by atoms with Crippen molar-refractivity contribution in [2.75, 3.05) is 12.8 Å². The van der Waals surface area contributed by atoms with E-state index >= 15 is 0 Å². The number of carbonyl (C=O) groups is 1.